The Morgan fingerprint density at radius 2 is 1.82 bits per heavy atom. The molecule has 1 aromatic heterocycles. The van der Waals surface area contributed by atoms with Crippen molar-refractivity contribution in [1.29, 1.82) is 0 Å². The minimum atomic E-state index is -1.20. The molecule has 0 bridgehead atoms. The van der Waals surface area contributed by atoms with Crippen LogP contribution in [0.2, 0.25) is 0 Å². The third kappa shape index (κ3) is 1.78. The van der Waals surface area contributed by atoms with Crippen LogP contribution in [0.5, 0.6) is 0 Å². The van der Waals surface area contributed by atoms with Crippen molar-refractivity contribution < 1.29 is 9.90 Å². The van der Waals surface area contributed by atoms with Gasteiger partial charge in [-0.1, -0.05) is 11.6 Å². The third-order valence-corrected chi connectivity index (χ3v) is 2.31. The maximum Gasteiger partial charge on any atom is 0.349 e. The lowest BCUT2D eigenvalue weighted by Gasteiger charge is -2.05. The lowest BCUT2D eigenvalue weighted by Crippen LogP contribution is -2.26. The summed E-state index contributed by atoms with van der Waals surface area (Å²) in [6.07, 6.45) is 0. The van der Waals surface area contributed by atoms with Crippen LogP contribution in [0.1, 0.15) is 15.9 Å². The first-order valence-electron chi connectivity index (χ1n) is 4.74. The average Bonchev–Trinajstić information content (AvgIpc) is 2.59. The molecular formula is C10H9N3O4. The van der Waals surface area contributed by atoms with Crippen molar-refractivity contribution in [2.45, 2.75) is 6.92 Å². The summed E-state index contributed by atoms with van der Waals surface area (Å²) in [6, 6.07) is 4.44. The fourth-order valence-corrected chi connectivity index (χ4v) is 1.55. The highest BCUT2D eigenvalue weighted by Gasteiger charge is 2.15. The Hall–Kier alpha value is -2.57. The highest BCUT2D eigenvalue weighted by molar-refractivity contribution is 5.92. The van der Waals surface area contributed by atoms with Gasteiger partial charge in [0.1, 0.15) is 0 Å². The second-order valence-corrected chi connectivity index (χ2v) is 3.52. The molecule has 0 fully saturated rings. The molecule has 0 aliphatic rings. The standard InChI is InChI=1S/C10H9N3O4/c1-5-2-3-7(6(4-5)8(14)15)13-9(16)11-12-10(13)17/h2-4H,1H3,(H,11,16)(H,12,17)(H,14,15). The van der Waals surface area contributed by atoms with E-state index in [0.717, 1.165) is 10.1 Å². The zero-order valence-electron chi connectivity index (χ0n) is 8.85. The molecule has 1 heterocycles. The van der Waals surface area contributed by atoms with Crippen molar-refractivity contribution in [2.24, 2.45) is 0 Å². The van der Waals surface area contributed by atoms with Crippen LogP contribution >= 0.6 is 0 Å². The molecule has 0 saturated heterocycles. The number of hydrogen-bond donors (Lipinski definition) is 3. The van der Waals surface area contributed by atoms with Crippen molar-refractivity contribution in [3.63, 3.8) is 0 Å². The third-order valence-electron chi connectivity index (χ3n) is 2.31. The summed E-state index contributed by atoms with van der Waals surface area (Å²) in [6.45, 7) is 1.72. The van der Waals surface area contributed by atoms with E-state index in [1.165, 1.54) is 12.1 Å². The molecule has 1 aromatic carbocycles. The number of aromatic amines is 2. The van der Waals surface area contributed by atoms with Crippen LogP contribution in [-0.4, -0.2) is 25.8 Å². The van der Waals surface area contributed by atoms with Gasteiger partial charge in [-0.05, 0) is 19.1 Å². The monoisotopic (exact) mass is 235 g/mol. The lowest BCUT2D eigenvalue weighted by molar-refractivity contribution is 0.0697. The molecule has 88 valence electrons. The number of aromatic carboxylic acids is 1. The zero-order valence-corrected chi connectivity index (χ0v) is 8.85. The maximum atomic E-state index is 11.4. The molecule has 17 heavy (non-hydrogen) atoms. The Morgan fingerprint density at radius 3 is 2.35 bits per heavy atom. The molecule has 0 aliphatic heterocycles. The second-order valence-electron chi connectivity index (χ2n) is 3.52. The molecule has 0 atom stereocenters. The van der Waals surface area contributed by atoms with Gasteiger partial charge in [-0.15, -0.1) is 0 Å². The number of carboxylic acid groups (broad SMARTS) is 1. The summed E-state index contributed by atoms with van der Waals surface area (Å²) in [5.41, 5.74) is -0.748. The van der Waals surface area contributed by atoms with Gasteiger partial charge in [0.25, 0.3) is 0 Å². The van der Waals surface area contributed by atoms with Crippen LogP contribution < -0.4 is 11.4 Å². The largest absolute Gasteiger partial charge is 0.478 e. The Labute approximate surface area is 94.3 Å². The first-order valence-corrected chi connectivity index (χ1v) is 4.74. The van der Waals surface area contributed by atoms with Gasteiger partial charge in [0.2, 0.25) is 0 Å². The average molecular weight is 235 g/mol. The number of aromatic nitrogens is 3. The predicted octanol–water partition coefficient (Wildman–Crippen LogP) is -0.139. The normalized spacial score (nSPS) is 10.4. The van der Waals surface area contributed by atoms with E-state index >= 15 is 0 Å². The van der Waals surface area contributed by atoms with E-state index in [4.69, 9.17) is 5.11 Å². The number of aryl methyl sites for hydroxylation is 1. The summed E-state index contributed by atoms with van der Waals surface area (Å²) >= 11 is 0. The number of carbonyl (C=O) groups is 1. The second kappa shape index (κ2) is 3.78. The van der Waals surface area contributed by atoms with Crippen molar-refractivity contribution in [3.05, 3.63) is 50.3 Å². The SMILES string of the molecule is Cc1ccc(-n2c(=O)[nH][nH]c2=O)c(C(=O)O)c1. The minimum Gasteiger partial charge on any atom is -0.478 e. The van der Waals surface area contributed by atoms with Gasteiger partial charge in [-0.25, -0.2) is 29.1 Å². The fourth-order valence-electron chi connectivity index (χ4n) is 1.55. The number of H-pyrrole nitrogens is 2. The van der Waals surface area contributed by atoms with E-state index in [1.54, 1.807) is 13.0 Å². The Kier molecular flexibility index (Phi) is 2.43. The molecule has 0 radical (unpaired) electrons. The van der Waals surface area contributed by atoms with Gasteiger partial charge in [-0.3, -0.25) is 0 Å². The first-order chi connectivity index (χ1) is 8.00. The van der Waals surface area contributed by atoms with Crippen LogP contribution in [0.25, 0.3) is 5.69 Å². The van der Waals surface area contributed by atoms with E-state index in [0.29, 0.717) is 0 Å². The zero-order chi connectivity index (χ0) is 12.6. The van der Waals surface area contributed by atoms with E-state index in [2.05, 4.69) is 10.2 Å². The van der Waals surface area contributed by atoms with Crippen molar-refractivity contribution in [3.8, 4) is 5.69 Å². The molecule has 0 saturated carbocycles. The topological polar surface area (TPSA) is 108 Å². The summed E-state index contributed by atoms with van der Waals surface area (Å²) in [5, 5.41) is 13.2. The molecule has 0 aliphatic carbocycles. The molecular weight excluding hydrogens is 226 g/mol. The van der Waals surface area contributed by atoms with Crippen molar-refractivity contribution in [1.82, 2.24) is 14.8 Å². The highest BCUT2D eigenvalue weighted by Crippen LogP contribution is 2.13. The number of carboxylic acids is 1. The molecule has 7 heteroatoms. The molecule has 0 spiro atoms. The summed E-state index contributed by atoms with van der Waals surface area (Å²) < 4.78 is 0.739. The van der Waals surface area contributed by atoms with Crippen molar-refractivity contribution in [2.75, 3.05) is 0 Å². The molecule has 2 rings (SSSR count). The van der Waals surface area contributed by atoms with Gasteiger partial charge in [0.15, 0.2) is 0 Å². The van der Waals surface area contributed by atoms with Gasteiger partial charge in [-0.2, -0.15) is 0 Å². The van der Waals surface area contributed by atoms with Crippen LogP contribution in [0.4, 0.5) is 0 Å². The van der Waals surface area contributed by atoms with Crippen LogP contribution in [0.15, 0.2) is 27.8 Å². The number of rotatable bonds is 2. The van der Waals surface area contributed by atoms with Gasteiger partial charge >= 0.3 is 17.3 Å². The summed E-state index contributed by atoms with van der Waals surface area (Å²) in [4.78, 5) is 33.8. The first kappa shape index (κ1) is 10.9. The summed E-state index contributed by atoms with van der Waals surface area (Å²) in [5.74, 6) is -1.20. The van der Waals surface area contributed by atoms with E-state index < -0.39 is 17.3 Å². The lowest BCUT2D eigenvalue weighted by atomic mass is 10.1. The van der Waals surface area contributed by atoms with E-state index in [9.17, 15) is 14.4 Å². The number of nitrogens with one attached hydrogen (secondary N) is 2. The number of benzene rings is 1. The maximum absolute atomic E-state index is 11.4. The van der Waals surface area contributed by atoms with Crippen LogP contribution in [-0.2, 0) is 0 Å². The van der Waals surface area contributed by atoms with E-state index in [1.807, 2.05) is 0 Å². The molecule has 3 N–H and O–H groups in total. The quantitative estimate of drug-likeness (QED) is 0.673. The minimum absolute atomic E-state index is 0.0376. The molecule has 0 amide bonds. The van der Waals surface area contributed by atoms with Gasteiger partial charge in [0, 0.05) is 0 Å². The van der Waals surface area contributed by atoms with Gasteiger partial charge < -0.3 is 5.11 Å². The molecule has 2 aromatic rings. The van der Waals surface area contributed by atoms with Gasteiger partial charge in [0.05, 0.1) is 11.3 Å². The number of hydrogen-bond acceptors (Lipinski definition) is 3. The highest BCUT2D eigenvalue weighted by atomic mass is 16.4. The predicted molar refractivity (Wildman–Crippen MR) is 58.7 cm³/mol. The van der Waals surface area contributed by atoms with Crippen LogP contribution in [0, 0.1) is 6.92 Å². The van der Waals surface area contributed by atoms with Crippen molar-refractivity contribution >= 4 is 5.97 Å². The Morgan fingerprint density at radius 1 is 1.24 bits per heavy atom. The summed E-state index contributed by atoms with van der Waals surface area (Å²) in [7, 11) is 0. The number of nitrogens with zero attached hydrogens (tertiary/aromatic N) is 1. The molecule has 7 nitrogen and oxygen atoms in total. The Balaban J connectivity index is 2.81. The smallest absolute Gasteiger partial charge is 0.349 e. The molecule has 0 unspecified atom stereocenters. The van der Waals surface area contributed by atoms with Crippen LogP contribution in [0.3, 0.4) is 0 Å². The Bertz CT molecular complexity index is 665. The fraction of sp³-hybridized carbons (Fsp3) is 0.100. The van der Waals surface area contributed by atoms with E-state index in [-0.39, 0.29) is 11.3 Å².